The van der Waals surface area contributed by atoms with E-state index in [2.05, 4.69) is 20.7 Å². The average molecular weight is 273 g/mol. The van der Waals surface area contributed by atoms with Crippen LogP contribution in [0.2, 0.25) is 0 Å². The Bertz CT molecular complexity index is 358. The summed E-state index contributed by atoms with van der Waals surface area (Å²) in [5.74, 6) is -1.32. The number of aliphatic carboxylic acids is 1. The normalized spacial score (nSPS) is 9.93. The van der Waals surface area contributed by atoms with E-state index in [0.717, 1.165) is 4.47 Å². The van der Waals surface area contributed by atoms with Gasteiger partial charge in [0.1, 0.15) is 13.2 Å². The van der Waals surface area contributed by atoms with Crippen LogP contribution in [0.5, 0.6) is 0 Å². The molecule has 5 heteroatoms. The van der Waals surface area contributed by atoms with Crippen molar-refractivity contribution < 1.29 is 19.4 Å². The highest BCUT2D eigenvalue weighted by atomic mass is 79.9. The Morgan fingerprint density at radius 3 is 2.33 bits per heavy atom. The van der Waals surface area contributed by atoms with E-state index in [4.69, 9.17) is 5.11 Å². The summed E-state index contributed by atoms with van der Waals surface area (Å²) in [4.78, 5) is 21.5. The number of ether oxygens (including phenoxy) is 1. The van der Waals surface area contributed by atoms with Crippen molar-refractivity contribution in [2.75, 3.05) is 13.2 Å². The number of rotatable bonds is 5. The van der Waals surface area contributed by atoms with Gasteiger partial charge >= 0.3 is 5.97 Å². The van der Waals surface area contributed by atoms with Crippen molar-refractivity contribution in [3.63, 3.8) is 0 Å². The zero-order valence-electron chi connectivity index (χ0n) is 7.77. The fourth-order valence-corrected chi connectivity index (χ4v) is 1.21. The van der Waals surface area contributed by atoms with Crippen molar-refractivity contribution in [2.45, 2.75) is 0 Å². The minimum absolute atomic E-state index is 0.214. The zero-order chi connectivity index (χ0) is 11.3. The first kappa shape index (κ1) is 11.9. The Morgan fingerprint density at radius 1 is 1.20 bits per heavy atom. The van der Waals surface area contributed by atoms with Gasteiger partial charge in [-0.25, -0.2) is 4.79 Å². The smallest absolute Gasteiger partial charge is 0.329 e. The molecule has 0 aliphatic carbocycles. The van der Waals surface area contributed by atoms with Gasteiger partial charge in [0.05, 0.1) is 0 Å². The monoisotopic (exact) mass is 272 g/mol. The van der Waals surface area contributed by atoms with E-state index in [9.17, 15) is 9.59 Å². The molecule has 4 nitrogen and oxygen atoms in total. The van der Waals surface area contributed by atoms with E-state index in [0.29, 0.717) is 5.56 Å². The zero-order valence-corrected chi connectivity index (χ0v) is 9.36. The molecule has 0 heterocycles. The summed E-state index contributed by atoms with van der Waals surface area (Å²) in [6, 6.07) is 6.78. The number of hydrogen-bond donors (Lipinski definition) is 1. The largest absolute Gasteiger partial charge is 0.480 e. The van der Waals surface area contributed by atoms with Crippen LogP contribution in [-0.2, 0) is 9.53 Å². The summed E-state index contributed by atoms with van der Waals surface area (Å²) in [5, 5.41) is 8.29. The lowest BCUT2D eigenvalue weighted by atomic mass is 10.1. The fraction of sp³-hybridized carbons (Fsp3) is 0.200. The van der Waals surface area contributed by atoms with Crippen LogP contribution in [0.3, 0.4) is 0 Å². The number of halogens is 1. The first-order chi connectivity index (χ1) is 7.09. The molecule has 0 saturated carbocycles. The van der Waals surface area contributed by atoms with Crippen LogP contribution in [0.25, 0.3) is 0 Å². The molecule has 0 radical (unpaired) electrons. The topological polar surface area (TPSA) is 63.6 Å². The van der Waals surface area contributed by atoms with Gasteiger partial charge in [0, 0.05) is 10.0 Å². The number of carbonyl (C=O) groups is 2. The highest BCUT2D eigenvalue weighted by molar-refractivity contribution is 9.10. The summed E-state index contributed by atoms with van der Waals surface area (Å²) in [7, 11) is 0. The third kappa shape index (κ3) is 4.22. The van der Waals surface area contributed by atoms with Crippen LogP contribution >= 0.6 is 15.9 Å². The maximum atomic E-state index is 11.4. The van der Waals surface area contributed by atoms with Crippen molar-refractivity contribution in [1.82, 2.24) is 0 Å². The van der Waals surface area contributed by atoms with Crippen LogP contribution in [-0.4, -0.2) is 30.1 Å². The van der Waals surface area contributed by atoms with Crippen molar-refractivity contribution in [3.05, 3.63) is 34.3 Å². The number of carboxylic acid groups (broad SMARTS) is 1. The quantitative estimate of drug-likeness (QED) is 0.830. The SMILES string of the molecule is O=C(O)COCC(=O)c1ccc(Br)cc1. The highest BCUT2D eigenvalue weighted by Crippen LogP contribution is 2.10. The van der Waals surface area contributed by atoms with Crippen LogP contribution < -0.4 is 0 Å². The molecule has 0 aromatic heterocycles. The molecule has 0 aliphatic heterocycles. The first-order valence-corrected chi connectivity index (χ1v) is 4.97. The Labute approximate surface area is 95.0 Å². The second-order valence-electron chi connectivity index (χ2n) is 2.82. The van der Waals surface area contributed by atoms with Gasteiger partial charge < -0.3 is 9.84 Å². The highest BCUT2D eigenvalue weighted by Gasteiger charge is 2.06. The van der Waals surface area contributed by atoms with Gasteiger partial charge in [0.2, 0.25) is 0 Å². The minimum Gasteiger partial charge on any atom is -0.480 e. The van der Waals surface area contributed by atoms with Gasteiger partial charge in [-0.15, -0.1) is 0 Å². The summed E-state index contributed by atoms with van der Waals surface area (Å²) in [6.45, 7) is -0.670. The third-order valence-corrected chi connectivity index (χ3v) is 2.15. The molecule has 0 fully saturated rings. The van der Waals surface area contributed by atoms with E-state index < -0.39 is 12.6 Å². The van der Waals surface area contributed by atoms with Gasteiger partial charge in [-0.3, -0.25) is 4.79 Å². The van der Waals surface area contributed by atoms with Gasteiger partial charge in [-0.1, -0.05) is 28.1 Å². The van der Waals surface area contributed by atoms with Crippen molar-refractivity contribution >= 4 is 27.7 Å². The first-order valence-electron chi connectivity index (χ1n) is 4.18. The second kappa shape index (κ2) is 5.63. The van der Waals surface area contributed by atoms with Crippen molar-refractivity contribution in [3.8, 4) is 0 Å². The molecule has 0 bridgehead atoms. The predicted octanol–water partition coefficient (Wildman–Crippen LogP) is 1.73. The Kier molecular flexibility index (Phi) is 4.45. The molecular formula is C10H9BrO4. The molecule has 15 heavy (non-hydrogen) atoms. The molecule has 1 rings (SSSR count). The molecule has 0 aliphatic rings. The Hall–Kier alpha value is -1.20. The third-order valence-electron chi connectivity index (χ3n) is 1.62. The minimum atomic E-state index is -1.08. The van der Waals surface area contributed by atoms with Gasteiger partial charge in [0.15, 0.2) is 5.78 Å². The molecule has 0 amide bonds. The van der Waals surface area contributed by atoms with Gasteiger partial charge in [0.25, 0.3) is 0 Å². The van der Waals surface area contributed by atoms with Crippen LogP contribution in [0, 0.1) is 0 Å². The lowest BCUT2D eigenvalue weighted by molar-refractivity contribution is -0.141. The van der Waals surface area contributed by atoms with Crippen molar-refractivity contribution in [2.24, 2.45) is 0 Å². The van der Waals surface area contributed by atoms with E-state index in [1.165, 1.54) is 0 Å². The standard InChI is InChI=1S/C10H9BrO4/c11-8-3-1-7(2-4-8)9(12)5-15-6-10(13)14/h1-4H,5-6H2,(H,13,14). The van der Waals surface area contributed by atoms with E-state index in [1.54, 1.807) is 24.3 Å². The maximum absolute atomic E-state index is 11.4. The number of hydrogen-bond acceptors (Lipinski definition) is 3. The molecule has 1 aromatic carbocycles. The fourth-order valence-electron chi connectivity index (χ4n) is 0.950. The predicted molar refractivity (Wildman–Crippen MR) is 56.9 cm³/mol. The number of carboxylic acids is 1. The summed E-state index contributed by atoms with van der Waals surface area (Å²) >= 11 is 3.25. The summed E-state index contributed by atoms with van der Waals surface area (Å²) < 4.78 is 5.56. The van der Waals surface area contributed by atoms with E-state index >= 15 is 0 Å². The van der Waals surface area contributed by atoms with Crippen LogP contribution in [0.15, 0.2) is 28.7 Å². The molecule has 1 aromatic rings. The summed E-state index contributed by atoms with van der Waals surface area (Å²) in [5.41, 5.74) is 0.503. The van der Waals surface area contributed by atoms with E-state index in [1.807, 2.05) is 0 Å². The van der Waals surface area contributed by atoms with E-state index in [-0.39, 0.29) is 12.4 Å². The number of ketones is 1. The number of benzene rings is 1. The molecule has 0 saturated heterocycles. The lowest BCUT2D eigenvalue weighted by Gasteiger charge is -2.01. The van der Waals surface area contributed by atoms with Crippen LogP contribution in [0.1, 0.15) is 10.4 Å². The number of carbonyl (C=O) groups excluding carboxylic acids is 1. The van der Waals surface area contributed by atoms with Crippen LogP contribution in [0.4, 0.5) is 0 Å². The van der Waals surface area contributed by atoms with Gasteiger partial charge in [-0.2, -0.15) is 0 Å². The van der Waals surface area contributed by atoms with Gasteiger partial charge in [-0.05, 0) is 12.1 Å². The average Bonchev–Trinajstić information content (AvgIpc) is 2.18. The lowest BCUT2D eigenvalue weighted by Crippen LogP contribution is -2.14. The maximum Gasteiger partial charge on any atom is 0.329 e. The molecule has 80 valence electrons. The Balaban J connectivity index is 2.47. The molecule has 0 atom stereocenters. The molecule has 0 spiro atoms. The molecule has 1 N–H and O–H groups in total. The summed E-state index contributed by atoms with van der Waals surface area (Å²) in [6.07, 6.45) is 0. The molecule has 0 unspecified atom stereocenters. The molecular weight excluding hydrogens is 264 g/mol. The number of Topliss-reactive ketones (excluding diaryl/α,β-unsaturated/α-hetero) is 1. The van der Waals surface area contributed by atoms with Crippen molar-refractivity contribution in [1.29, 1.82) is 0 Å². The Morgan fingerprint density at radius 2 is 1.80 bits per heavy atom. The second-order valence-corrected chi connectivity index (χ2v) is 3.73.